The predicted molar refractivity (Wildman–Crippen MR) is 75.0 cm³/mol. The monoisotopic (exact) mass is 271 g/mol. The quantitative estimate of drug-likeness (QED) is 0.774. The molecular formula is C13H13N5S. The van der Waals surface area contributed by atoms with Crippen LogP contribution in [0.15, 0.2) is 48.6 Å². The molecule has 6 heteroatoms. The van der Waals surface area contributed by atoms with Crippen molar-refractivity contribution in [1.82, 2.24) is 19.7 Å². The largest absolute Gasteiger partial charge is 0.380 e. The van der Waals surface area contributed by atoms with Gasteiger partial charge in [-0.1, -0.05) is 12.1 Å². The van der Waals surface area contributed by atoms with Crippen molar-refractivity contribution in [2.75, 3.05) is 5.32 Å². The molecule has 0 aliphatic carbocycles. The smallest absolute Gasteiger partial charge is 0.137 e. The van der Waals surface area contributed by atoms with Gasteiger partial charge < -0.3 is 5.32 Å². The number of thiazole rings is 1. The molecular weight excluding hydrogens is 258 g/mol. The summed E-state index contributed by atoms with van der Waals surface area (Å²) in [7, 11) is 0. The minimum absolute atomic E-state index is 0.745. The standard InChI is InChI=1S/C13H13N5S/c1-3-12(16-6-13-5-14-10-19-13)4-2-11(1)7-18-9-15-8-17-18/h1-5,8-10,16H,6-7H2. The Kier molecular flexibility index (Phi) is 3.51. The zero-order valence-corrected chi connectivity index (χ0v) is 11.0. The van der Waals surface area contributed by atoms with E-state index in [4.69, 9.17) is 0 Å². The Labute approximate surface area is 115 Å². The molecule has 3 rings (SSSR count). The Morgan fingerprint density at radius 2 is 2.05 bits per heavy atom. The molecule has 1 aromatic carbocycles. The molecule has 0 aliphatic heterocycles. The molecule has 0 saturated carbocycles. The molecule has 0 fully saturated rings. The van der Waals surface area contributed by atoms with Gasteiger partial charge in [-0.15, -0.1) is 11.3 Å². The lowest BCUT2D eigenvalue weighted by molar-refractivity contribution is 0.685. The summed E-state index contributed by atoms with van der Waals surface area (Å²) in [6.45, 7) is 1.56. The highest BCUT2D eigenvalue weighted by molar-refractivity contribution is 7.09. The lowest BCUT2D eigenvalue weighted by Crippen LogP contribution is -2.01. The number of benzene rings is 1. The zero-order chi connectivity index (χ0) is 12.9. The molecule has 2 aromatic heterocycles. The van der Waals surface area contributed by atoms with Gasteiger partial charge in [-0.2, -0.15) is 5.10 Å². The third-order valence-electron chi connectivity index (χ3n) is 2.72. The molecule has 96 valence electrons. The van der Waals surface area contributed by atoms with Gasteiger partial charge in [0, 0.05) is 16.8 Å². The number of hydrogen-bond acceptors (Lipinski definition) is 5. The molecule has 0 radical (unpaired) electrons. The first-order valence-electron chi connectivity index (χ1n) is 5.93. The van der Waals surface area contributed by atoms with Crippen LogP contribution in [-0.4, -0.2) is 19.7 Å². The van der Waals surface area contributed by atoms with E-state index in [0.717, 1.165) is 18.8 Å². The molecule has 3 aromatic rings. The molecule has 0 amide bonds. The van der Waals surface area contributed by atoms with Gasteiger partial charge in [0.1, 0.15) is 12.7 Å². The van der Waals surface area contributed by atoms with Gasteiger partial charge in [0.05, 0.1) is 18.6 Å². The highest BCUT2D eigenvalue weighted by Crippen LogP contribution is 2.13. The van der Waals surface area contributed by atoms with E-state index in [1.54, 1.807) is 28.7 Å². The van der Waals surface area contributed by atoms with Crippen LogP contribution in [0.5, 0.6) is 0 Å². The Bertz CT molecular complexity index is 601. The van der Waals surface area contributed by atoms with Crippen molar-refractivity contribution in [2.45, 2.75) is 13.1 Å². The number of nitrogens with one attached hydrogen (secondary N) is 1. The van der Waals surface area contributed by atoms with E-state index in [9.17, 15) is 0 Å². The number of rotatable bonds is 5. The minimum Gasteiger partial charge on any atom is -0.380 e. The second-order valence-corrected chi connectivity index (χ2v) is 5.08. The summed E-state index contributed by atoms with van der Waals surface area (Å²) in [4.78, 5) is 9.21. The molecule has 0 saturated heterocycles. The highest BCUT2D eigenvalue weighted by Gasteiger charge is 1.98. The maximum absolute atomic E-state index is 4.09. The van der Waals surface area contributed by atoms with Crippen molar-refractivity contribution >= 4 is 17.0 Å². The summed E-state index contributed by atoms with van der Waals surface area (Å²) in [5, 5.41) is 7.46. The van der Waals surface area contributed by atoms with Gasteiger partial charge in [0.15, 0.2) is 0 Å². The zero-order valence-electron chi connectivity index (χ0n) is 10.2. The van der Waals surface area contributed by atoms with Crippen LogP contribution in [0.2, 0.25) is 0 Å². The van der Waals surface area contributed by atoms with E-state index >= 15 is 0 Å². The van der Waals surface area contributed by atoms with Crippen molar-refractivity contribution in [1.29, 1.82) is 0 Å². The van der Waals surface area contributed by atoms with E-state index < -0.39 is 0 Å². The van der Waals surface area contributed by atoms with Crippen molar-refractivity contribution in [3.05, 3.63) is 59.1 Å². The van der Waals surface area contributed by atoms with Crippen LogP contribution >= 0.6 is 11.3 Å². The van der Waals surface area contributed by atoms with Crippen LogP contribution in [0.3, 0.4) is 0 Å². The van der Waals surface area contributed by atoms with E-state index in [1.807, 2.05) is 11.7 Å². The van der Waals surface area contributed by atoms with Crippen LogP contribution in [0.25, 0.3) is 0 Å². The first-order chi connectivity index (χ1) is 9.40. The predicted octanol–water partition coefficient (Wildman–Crippen LogP) is 2.40. The lowest BCUT2D eigenvalue weighted by atomic mass is 10.2. The number of nitrogens with zero attached hydrogens (tertiary/aromatic N) is 4. The summed E-state index contributed by atoms with van der Waals surface area (Å²) in [6.07, 6.45) is 5.15. The van der Waals surface area contributed by atoms with Crippen LogP contribution in [0, 0.1) is 0 Å². The summed E-state index contributed by atoms with van der Waals surface area (Å²) >= 11 is 1.66. The topological polar surface area (TPSA) is 55.6 Å². The first kappa shape index (κ1) is 11.9. The highest BCUT2D eigenvalue weighted by atomic mass is 32.1. The number of hydrogen-bond donors (Lipinski definition) is 1. The van der Waals surface area contributed by atoms with Gasteiger partial charge in [-0.3, -0.25) is 4.98 Å². The Hall–Kier alpha value is -2.21. The molecule has 0 aliphatic rings. The van der Waals surface area contributed by atoms with E-state index in [-0.39, 0.29) is 0 Å². The first-order valence-corrected chi connectivity index (χ1v) is 6.81. The van der Waals surface area contributed by atoms with Crippen molar-refractivity contribution in [3.8, 4) is 0 Å². The molecule has 0 bridgehead atoms. The fourth-order valence-corrected chi connectivity index (χ4v) is 2.28. The SMILES string of the molecule is c1ncn(Cc2ccc(NCc3cncs3)cc2)n1. The molecule has 2 heterocycles. The molecule has 0 unspecified atom stereocenters. The maximum atomic E-state index is 4.09. The fraction of sp³-hybridized carbons (Fsp3) is 0.154. The van der Waals surface area contributed by atoms with Crippen LogP contribution in [0.1, 0.15) is 10.4 Å². The summed E-state index contributed by atoms with van der Waals surface area (Å²) in [5.41, 5.74) is 4.16. The Morgan fingerprint density at radius 3 is 2.74 bits per heavy atom. The van der Waals surface area contributed by atoms with Gasteiger partial charge in [-0.05, 0) is 17.7 Å². The lowest BCUT2D eigenvalue weighted by Gasteiger charge is -2.06. The van der Waals surface area contributed by atoms with Gasteiger partial charge in [0.2, 0.25) is 0 Å². The van der Waals surface area contributed by atoms with Crippen molar-refractivity contribution in [2.24, 2.45) is 0 Å². The average Bonchev–Trinajstić information content (AvgIpc) is 3.11. The molecule has 19 heavy (non-hydrogen) atoms. The molecule has 5 nitrogen and oxygen atoms in total. The van der Waals surface area contributed by atoms with Crippen molar-refractivity contribution < 1.29 is 0 Å². The van der Waals surface area contributed by atoms with Gasteiger partial charge in [-0.25, -0.2) is 9.67 Å². The second-order valence-electron chi connectivity index (χ2n) is 4.11. The van der Waals surface area contributed by atoms with Gasteiger partial charge >= 0.3 is 0 Å². The van der Waals surface area contributed by atoms with Gasteiger partial charge in [0.25, 0.3) is 0 Å². The number of aromatic nitrogens is 4. The maximum Gasteiger partial charge on any atom is 0.137 e. The Balaban J connectivity index is 1.59. The summed E-state index contributed by atoms with van der Waals surface area (Å²) < 4.78 is 1.81. The van der Waals surface area contributed by atoms with Crippen LogP contribution in [-0.2, 0) is 13.1 Å². The molecule has 1 N–H and O–H groups in total. The third kappa shape index (κ3) is 3.17. The molecule has 0 atom stereocenters. The van der Waals surface area contributed by atoms with E-state index in [1.165, 1.54) is 10.4 Å². The number of anilines is 1. The van der Waals surface area contributed by atoms with Crippen LogP contribution < -0.4 is 5.32 Å². The summed E-state index contributed by atoms with van der Waals surface area (Å²) in [5.74, 6) is 0. The second kappa shape index (κ2) is 5.62. The van der Waals surface area contributed by atoms with E-state index in [0.29, 0.717) is 0 Å². The summed E-state index contributed by atoms with van der Waals surface area (Å²) in [6, 6.07) is 8.34. The minimum atomic E-state index is 0.745. The normalized spacial score (nSPS) is 10.5. The fourth-order valence-electron chi connectivity index (χ4n) is 1.75. The van der Waals surface area contributed by atoms with Crippen molar-refractivity contribution in [3.63, 3.8) is 0 Å². The third-order valence-corrected chi connectivity index (χ3v) is 3.49. The average molecular weight is 271 g/mol. The Morgan fingerprint density at radius 1 is 1.16 bits per heavy atom. The van der Waals surface area contributed by atoms with Crippen LogP contribution in [0.4, 0.5) is 5.69 Å². The molecule has 0 spiro atoms. The van der Waals surface area contributed by atoms with E-state index in [2.05, 4.69) is 44.6 Å².